The largest absolute Gasteiger partial charge is 0.377 e. The van der Waals surface area contributed by atoms with Crippen molar-refractivity contribution in [1.82, 2.24) is 10.2 Å². The number of nitrogens with one attached hydrogen (secondary N) is 1. The highest BCUT2D eigenvalue weighted by Gasteiger charge is 2.23. The third-order valence-electron chi connectivity index (χ3n) is 3.93. The van der Waals surface area contributed by atoms with Gasteiger partial charge in [0.05, 0.1) is 12.7 Å². The lowest BCUT2D eigenvalue weighted by Crippen LogP contribution is -2.31. The molecule has 0 aromatic heterocycles. The summed E-state index contributed by atoms with van der Waals surface area (Å²) in [5.41, 5.74) is 0. The predicted octanol–water partition coefficient (Wildman–Crippen LogP) is 2.51. The van der Waals surface area contributed by atoms with Crippen molar-refractivity contribution in [1.29, 1.82) is 0 Å². The molecule has 18 heavy (non-hydrogen) atoms. The Morgan fingerprint density at radius 2 is 1.94 bits per heavy atom. The molecule has 0 aromatic rings. The molecule has 0 amide bonds. The predicted molar refractivity (Wildman–Crippen MR) is 78.0 cm³/mol. The average Bonchev–Trinajstić information content (AvgIpc) is 2.37. The molecule has 0 radical (unpaired) electrons. The maximum absolute atomic E-state index is 6.04. The Kier molecular flexibility index (Phi) is 8.64. The quantitative estimate of drug-likeness (QED) is 0.642. The summed E-state index contributed by atoms with van der Waals surface area (Å²) in [5, 5.41) is 3.46. The van der Waals surface area contributed by atoms with E-state index in [0.717, 1.165) is 32.2 Å². The van der Waals surface area contributed by atoms with Crippen molar-refractivity contribution in [2.75, 3.05) is 40.3 Å². The Morgan fingerprint density at radius 1 is 1.17 bits per heavy atom. The second-order valence-electron chi connectivity index (χ2n) is 5.77. The van der Waals surface area contributed by atoms with Crippen LogP contribution in [0.4, 0.5) is 0 Å². The van der Waals surface area contributed by atoms with E-state index >= 15 is 0 Å². The van der Waals surface area contributed by atoms with Gasteiger partial charge < -0.3 is 15.0 Å². The zero-order valence-corrected chi connectivity index (χ0v) is 12.6. The van der Waals surface area contributed by atoms with Gasteiger partial charge in [-0.3, -0.25) is 0 Å². The van der Waals surface area contributed by atoms with Crippen LogP contribution < -0.4 is 5.32 Å². The molecule has 0 aromatic carbocycles. The van der Waals surface area contributed by atoms with Gasteiger partial charge in [0, 0.05) is 6.54 Å². The van der Waals surface area contributed by atoms with Gasteiger partial charge in [-0.1, -0.05) is 26.2 Å². The minimum Gasteiger partial charge on any atom is -0.377 e. The molecular weight excluding hydrogens is 224 g/mol. The van der Waals surface area contributed by atoms with Crippen LogP contribution in [0.2, 0.25) is 0 Å². The zero-order valence-electron chi connectivity index (χ0n) is 12.6. The van der Waals surface area contributed by atoms with Gasteiger partial charge >= 0.3 is 0 Å². The summed E-state index contributed by atoms with van der Waals surface area (Å²) in [4.78, 5) is 2.23. The molecular formula is C15H32N2O. The lowest BCUT2D eigenvalue weighted by molar-refractivity contribution is -0.0102. The molecule has 0 heterocycles. The fourth-order valence-electron chi connectivity index (χ4n) is 2.79. The highest BCUT2D eigenvalue weighted by atomic mass is 16.5. The number of hydrogen-bond donors (Lipinski definition) is 1. The summed E-state index contributed by atoms with van der Waals surface area (Å²) >= 11 is 0. The van der Waals surface area contributed by atoms with Gasteiger partial charge in [0.1, 0.15) is 0 Å². The summed E-state index contributed by atoms with van der Waals surface area (Å²) in [7, 11) is 4.24. The first-order chi connectivity index (χ1) is 8.74. The van der Waals surface area contributed by atoms with E-state index in [9.17, 15) is 0 Å². The van der Waals surface area contributed by atoms with Crippen LogP contribution in [0.1, 0.15) is 45.4 Å². The van der Waals surface area contributed by atoms with Crippen molar-refractivity contribution < 1.29 is 4.74 Å². The topological polar surface area (TPSA) is 24.5 Å². The monoisotopic (exact) mass is 256 g/mol. The van der Waals surface area contributed by atoms with Crippen LogP contribution in [-0.2, 0) is 4.74 Å². The number of hydrogen-bond acceptors (Lipinski definition) is 3. The van der Waals surface area contributed by atoms with Crippen LogP contribution in [-0.4, -0.2) is 51.3 Å². The highest BCUT2D eigenvalue weighted by Crippen LogP contribution is 2.28. The number of ether oxygens (including phenoxy) is 1. The number of nitrogens with zero attached hydrogens (tertiary/aromatic N) is 1. The maximum atomic E-state index is 6.04. The Bertz CT molecular complexity index is 197. The first-order valence-corrected chi connectivity index (χ1v) is 7.71. The van der Waals surface area contributed by atoms with Gasteiger partial charge in [0.15, 0.2) is 0 Å². The van der Waals surface area contributed by atoms with Crippen molar-refractivity contribution in [3.8, 4) is 0 Å². The van der Waals surface area contributed by atoms with Gasteiger partial charge in [0.25, 0.3) is 0 Å². The minimum absolute atomic E-state index is 0.535. The molecule has 3 nitrogen and oxygen atoms in total. The van der Waals surface area contributed by atoms with Crippen LogP contribution in [0.3, 0.4) is 0 Å². The Morgan fingerprint density at radius 3 is 2.67 bits per heavy atom. The van der Waals surface area contributed by atoms with E-state index in [4.69, 9.17) is 4.74 Å². The van der Waals surface area contributed by atoms with E-state index < -0.39 is 0 Å². The van der Waals surface area contributed by atoms with E-state index in [1.165, 1.54) is 38.5 Å². The molecule has 0 saturated heterocycles. The smallest absolute Gasteiger partial charge is 0.0603 e. The Balaban J connectivity index is 1.96. The van der Waals surface area contributed by atoms with Gasteiger partial charge in [-0.2, -0.15) is 0 Å². The maximum Gasteiger partial charge on any atom is 0.0603 e. The van der Waals surface area contributed by atoms with E-state index in [-0.39, 0.29) is 0 Å². The summed E-state index contributed by atoms with van der Waals surface area (Å²) in [6.07, 6.45) is 8.44. The van der Waals surface area contributed by atoms with Crippen LogP contribution in [0.25, 0.3) is 0 Å². The third-order valence-corrected chi connectivity index (χ3v) is 3.93. The van der Waals surface area contributed by atoms with Crippen LogP contribution in [0.5, 0.6) is 0 Å². The van der Waals surface area contributed by atoms with Crippen molar-refractivity contribution >= 4 is 0 Å². The SMILES string of the molecule is CCC1CCCCC1OCCNCCCN(C)C. The summed E-state index contributed by atoms with van der Waals surface area (Å²) < 4.78 is 6.04. The molecule has 0 aliphatic heterocycles. The molecule has 1 aliphatic rings. The van der Waals surface area contributed by atoms with Gasteiger partial charge in [-0.25, -0.2) is 0 Å². The van der Waals surface area contributed by atoms with E-state index in [1.54, 1.807) is 0 Å². The molecule has 0 bridgehead atoms. The highest BCUT2D eigenvalue weighted by molar-refractivity contribution is 4.74. The molecule has 1 fully saturated rings. The van der Waals surface area contributed by atoms with E-state index in [0.29, 0.717) is 6.10 Å². The first kappa shape index (κ1) is 15.9. The van der Waals surface area contributed by atoms with Crippen LogP contribution >= 0.6 is 0 Å². The van der Waals surface area contributed by atoms with Gasteiger partial charge in [0.2, 0.25) is 0 Å². The molecule has 2 atom stereocenters. The third kappa shape index (κ3) is 6.72. The zero-order chi connectivity index (χ0) is 13.2. The van der Waals surface area contributed by atoms with Crippen molar-refractivity contribution in [3.05, 3.63) is 0 Å². The summed E-state index contributed by atoms with van der Waals surface area (Å²) in [6, 6.07) is 0. The summed E-state index contributed by atoms with van der Waals surface area (Å²) in [5.74, 6) is 0.812. The standard InChI is InChI=1S/C15H32N2O/c1-4-14-8-5-6-9-15(14)18-13-11-16-10-7-12-17(2)3/h14-16H,4-13H2,1-3H3. The van der Waals surface area contributed by atoms with Crippen molar-refractivity contribution in [2.24, 2.45) is 5.92 Å². The van der Waals surface area contributed by atoms with E-state index in [2.05, 4.69) is 31.2 Å². The summed E-state index contributed by atoms with van der Waals surface area (Å²) in [6.45, 7) is 6.44. The molecule has 1 N–H and O–H groups in total. The van der Waals surface area contributed by atoms with Crippen molar-refractivity contribution in [3.63, 3.8) is 0 Å². The molecule has 1 saturated carbocycles. The van der Waals surface area contributed by atoms with Crippen molar-refractivity contribution in [2.45, 2.75) is 51.6 Å². The van der Waals surface area contributed by atoms with Crippen LogP contribution in [0, 0.1) is 5.92 Å². The minimum atomic E-state index is 0.535. The molecule has 0 spiro atoms. The first-order valence-electron chi connectivity index (χ1n) is 7.71. The second kappa shape index (κ2) is 9.76. The molecule has 1 rings (SSSR count). The molecule has 2 unspecified atom stereocenters. The molecule has 1 aliphatic carbocycles. The fraction of sp³-hybridized carbons (Fsp3) is 1.00. The lowest BCUT2D eigenvalue weighted by atomic mass is 9.85. The lowest BCUT2D eigenvalue weighted by Gasteiger charge is -2.30. The Hall–Kier alpha value is -0.120. The fourth-order valence-corrected chi connectivity index (χ4v) is 2.79. The Labute approximate surface area is 113 Å². The van der Waals surface area contributed by atoms with E-state index in [1.807, 2.05) is 0 Å². The van der Waals surface area contributed by atoms with Gasteiger partial charge in [-0.05, 0) is 52.4 Å². The van der Waals surface area contributed by atoms with Gasteiger partial charge in [-0.15, -0.1) is 0 Å². The molecule has 3 heteroatoms. The number of rotatable bonds is 9. The normalized spacial score (nSPS) is 24.7. The second-order valence-corrected chi connectivity index (χ2v) is 5.77. The average molecular weight is 256 g/mol. The van der Waals surface area contributed by atoms with Crippen LogP contribution in [0.15, 0.2) is 0 Å². The molecule has 108 valence electrons.